The van der Waals surface area contributed by atoms with Gasteiger partial charge in [0.25, 0.3) is 5.56 Å². The van der Waals surface area contributed by atoms with Crippen LogP contribution in [0.3, 0.4) is 0 Å². The fourth-order valence-corrected chi connectivity index (χ4v) is 3.43. The normalized spacial score (nSPS) is 10.9. The highest BCUT2D eigenvalue weighted by molar-refractivity contribution is 5.76. The molecule has 0 fully saturated rings. The van der Waals surface area contributed by atoms with Crippen LogP contribution in [0.4, 0.5) is 5.82 Å². The lowest BCUT2D eigenvalue weighted by molar-refractivity contribution is 0.772. The van der Waals surface area contributed by atoms with Crippen LogP contribution >= 0.6 is 0 Å². The summed E-state index contributed by atoms with van der Waals surface area (Å²) in [5.41, 5.74) is 4.08. The maximum Gasteiger partial charge on any atom is 0.295 e. The van der Waals surface area contributed by atoms with E-state index in [0.717, 1.165) is 16.7 Å². The van der Waals surface area contributed by atoms with Crippen molar-refractivity contribution in [2.75, 3.05) is 5.32 Å². The van der Waals surface area contributed by atoms with Gasteiger partial charge in [0.1, 0.15) is 11.3 Å². The van der Waals surface area contributed by atoms with Crippen molar-refractivity contribution in [1.82, 2.24) is 34.5 Å². The van der Waals surface area contributed by atoms with E-state index < -0.39 is 0 Å². The number of nitrogens with zero attached hydrogens (tertiary/aromatic N) is 7. The van der Waals surface area contributed by atoms with Gasteiger partial charge in [0.15, 0.2) is 11.5 Å². The molecule has 0 atom stereocenters. The second-order valence-electron chi connectivity index (χ2n) is 7.49. The van der Waals surface area contributed by atoms with Crippen LogP contribution in [0, 0.1) is 6.92 Å². The molecule has 9 nitrogen and oxygen atoms in total. The fraction of sp³-hybridized carbons (Fsp3) is 0.125. The van der Waals surface area contributed by atoms with Crippen LogP contribution in [0.1, 0.15) is 17.0 Å². The van der Waals surface area contributed by atoms with Crippen molar-refractivity contribution < 1.29 is 0 Å². The van der Waals surface area contributed by atoms with Gasteiger partial charge in [0.05, 0.1) is 12.2 Å². The third-order valence-corrected chi connectivity index (χ3v) is 5.11. The molecule has 0 saturated carbocycles. The van der Waals surface area contributed by atoms with Crippen molar-refractivity contribution in [3.63, 3.8) is 0 Å². The Kier molecular flexibility index (Phi) is 5.50. The van der Waals surface area contributed by atoms with E-state index in [1.54, 1.807) is 41.7 Å². The Bertz CT molecular complexity index is 1450. The highest BCUT2D eigenvalue weighted by Crippen LogP contribution is 2.20. The van der Waals surface area contributed by atoms with Gasteiger partial charge in [0.2, 0.25) is 0 Å². The van der Waals surface area contributed by atoms with E-state index in [1.807, 2.05) is 43.3 Å². The van der Waals surface area contributed by atoms with Gasteiger partial charge in [-0.05, 0) is 42.3 Å². The smallest absolute Gasteiger partial charge is 0.295 e. The van der Waals surface area contributed by atoms with Crippen LogP contribution in [-0.2, 0) is 13.1 Å². The lowest BCUT2D eigenvalue weighted by atomic mass is 10.2. The number of hydrogen-bond donors (Lipinski definition) is 1. The van der Waals surface area contributed by atoms with E-state index in [9.17, 15) is 4.79 Å². The Labute approximate surface area is 189 Å². The number of hydrogen-bond acceptors (Lipinski definition) is 8. The maximum absolute atomic E-state index is 13.4. The first-order chi connectivity index (χ1) is 16.2. The molecular formula is C24H20N8O. The highest BCUT2D eigenvalue weighted by Gasteiger charge is 2.14. The van der Waals surface area contributed by atoms with Gasteiger partial charge >= 0.3 is 0 Å². The van der Waals surface area contributed by atoms with Crippen molar-refractivity contribution in [2.24, 2.45) is 0 Å². The van der Waals surface area contributed by atoms with Gasteiger partial charge in [-0.1, -0.05) is 12.1 Å². The summed E-state index contributed by atoms with van der Waals surface area (Å²) < 4.78 is 1.61. The molecule has 0 aliphatic rings. The van der Waals surface area contributed by atoms with E-state index in [4.69, 9.17) is 4.98 Å². The van der Waals surface area contributed by atoms with Gasteiger partial charge in [-0.3, -0.25) is 19.3 Å². The molecule has 0 aliphatic heterocycles. The topological polar surface area (TPSA) is 111 Å². The predicted molar refractivity (Wildman–Crippen MR) is 124 cm³/mol. The van der Waals surface area contributed by atoms with Gasteiger partial charge in [-0.2, -0.15) is 0 Å². The van der Waals surface area contributed by atoms with Crippen LogP contribution in [0.5, 0.6) is 0 Å². The average Bonchev–Trinajstić information content (AvgIpc) is 2.86. The van der Waals surface area contributed by atoms with Crippen molar-refractivity contribution >= 4 is 17.0 Å². The van der Waals surface area contributed by atoms with Crippen LogP contribution in [0.2, 0.25) is 0 Å². The van der Waals surface area contributed by atoms with E-state index in [1.165, 1.54) is 0 Å². The standard InChI is InChI=1S/C24H20N8O/c1-16-27-13-19(14-28-16)20-6-7-21-23(31-20)32(15-18-5-3-9-26-11-18)24(33)22(30-21)29-12-17-4-2-8-25-10-17/h2-11,13-14H,12,15H2,1H3,(H,29,30). The zero-order valence-corrected chi connectivity index (χ0v) is 17.9. The number of rotatable bonds is 6. The summed E-state index contributed by atoms with van der Waals surface area (Å²) in [4.78, 5) is 39.6. The van der Waals surface area contributed by atoms with E-state index in [0.29, 0.717) is 35.8 Å². The lowest BCUT2D eigenvalue weighted by Crippen LogP contribution is -2.26. The lowest BCUT2D eigenvalue weighted by Gasteiger charge is -2.13. The molecule has 0 spiro atoms. The van der Waals surface area contributed by atoms with Crippen LogP contribution in [0.25, 0.3) is 22.4 Å². The van der Waals surface area contributed by atoms with E-state index in [2.05, 4.69) is 30.2 Å². The molecule has 0 unspecified atom stereocenters. The number of nitrogens with one attached hydrogen (secondary N) is 1. The Morgan fingerprint density at radius 3 is 2.30 bits per heavy atom. The first-order valence-corrected chi connectivity index (χ1v) is 10.4. The Balaban J connectivity index is 1.60. The molecular weight excluding hydrogens is 416 g/mol. The molecule has 33 heavy (non-hydrogen) atoms. The molecule has 0 radical (unpaired) electrons. The molecule has 162 valence electrons. The first kappa shape index (κ1) is 20.4. The summed E-state index contributed by atoms with van der Waals surface area (Å²) >= 11 is 0. The fourth-order valence-electron chi connectivity index (χ4n) is 3.43. The molecule has 1 N–H and O–H groups in total. The third-order valence-electron chi connectivity index (χ3n) is 5.11. The summed E-state index contributed by atoms with van der Waals surface area (Å²) in [5.74, 6) is 0.933. The Morgan fingerprint density at radius 1 is 0.879 bits per heavy atom. The number of anilines is 1. The predicted octanol–water partition coefficient (Wildman–Crippen LogP) is 3.01. The van der Waals surface area contributed by atoms with Crippen LogP contribution < -0.4 is 10.9 Å². The number of aromatic nitrogens is 7. The monoisotopic (exact) mass is 436 g/mol. The molecule has 5 heterocycles. The van der Waals surface area contributed by atoms with Crippen molar-refractivity contribution in [1.29, 1.82) is 0 Å². The summed E-state index contributed by atoms with van der Waals surface area (Å²) in [6, 6.07) is 11.3. The van der Waals surface area contributed by atoms with Gasteiger partial charge < -0.3 is 5.32 Å². The van der Waals surface area contributed by atoms with Crippen LogP contribution in [-0.4, -0.2) is 34.5 Å². The van der Waals surface area contributed by atoms with Crippen molar-refractivity contribution in [3.8, 4) is 11.3 Å². The molecule has 0 aromatic carbocycles. The average molecular weight is 436 g/mol. The first-order valence-electron chi connectivity index (χ1n) is 10.4. The van der Waals surface area contributed by atoms with Gasteiger partial charge in [-0.25, -0.2) is 19.9 Å². The van der Waals surface area contributed by atoms with Gasteiger partial charge in [-0.15, -0.1) is 0 Å². The molecule has 0 aliphatic carbocycles. The van der Waals surface area contributed by atoms with Crippen molar-refractivity contribution in [2.45, 2.75) is 20.0 Å². The third kappa shape index (κ3) is 4.42. The zero-order valence-electron chi connectivity index (χ0n) is 17.9. The van der Waals surface area contributed by atoms with Gasteiger partial charge in [0, 0.05) is 49.3 Å². The number of aryl methyl sites for hydroxylation is 1. The molecule has 0 amide bonds. The molecule has 9 heteroatoms. The van der Waals surface area contributed by atoms with Crippen LogP contribution in [0.15, 0.2) is 78.4 Å². The summed E-state index contributed by atoms with van der Waals surface area (Å²) in [7, 11) is 0. The largest absolute Gasteiger partial charge is 0.361 e. The van der Waals surface area contributed by atoms with Crippen molar-refractivity contribution in [3.05, 3.63) is 101 Å². The molecule has 5 rings (SSSR count). The Hall–Kier alpha value is -4.53. The molecule has 0 saturated heterocycles. The quantitative estimate of drug-likeness (QED) is 0.432. The molecule has 5 aromatic rings. The second kappa shape index (κ2) is 8.91. The van der Waals surface area contributed by atoms with E-state index >= 15 is 0 Å². The number of pyridine rings is 3. The summed E-state index contributed by atoms with van der Waals surface area (Å²) in [5, 5.41) is 3.15. The highest BCUT2D eigenvalue weighted by atomic mass is 16.1. The van der Waals surface area contributed by atoms with E-state index in [-0.39, 0.29) is 11.4 Å². The Morgan fingerprint density at radius 2 is 1.61 bits per heavy atom. The summed E-state index contributed by atoms with van der Waals surface area (Å²) in [6.45, 7) is 2.57. The summed E-state index contributed by atoms with van der Waals surface area (Å²) in [6.07, 6.45) is 10.3. The number of fused-ring (bicyclic) bond motifs is 1. The minimum Gasteiger partial charge on any atom is -0.361 e. The minimum absolute atomic E-state index is 0.253. The minimum atomic E-state index is -0.264. The maximum atomic E-state index is 13.4. The molecule has 5 aromatic heterocycles. The second-order valence-corrected chi connectivity index (χ2v) is 7.49. The zero-order chi connectivity index (χ0) is 22.6. The molecule has 0 bridgehead atoms. The SMILES string of the molecule is Cc1ncc(-c2ccc3nc(NCc4cccnc4)c(=O)n(Cc4cccnc4)c3n2)cn1.